The Bertz CT molecular complexity index is 259. The van der Waals surface area contributed by atoms with Gasteiger partial charge in [0, 0.05) is 7.05 Å². The highest BCUT2D eigenvalue weighted by atomic mass is 16.4. The van der Waals surface area contributed by atoms with E-state index in [0.29, 0.717) is 6.42 Å². The highest BCUT2D eigenvalue weighted by Crippen LogP contribution is 2.24. The Hall–Kier alpha value is -1.10. The Morgan fingerprint density at radius 3 is 2.60 bits per heavy atom. The van der Waals surface area contributed by atoms with E-state index in [1.54, 1.807) is 0 Å². The van der Waals surface area contributed by atoms with E-state index in [1.165, 1.54) is 11.9 Å². The van der Waals surface area contributed by atoms with E-state index in [1.807, 2.05) is 6.92 Å². The topological polar surface area (TPSA) is 69.6 Å². The summed E-state index contributed by atoms with van der Waals surface area (Å²) < 4.78 is 0. The van der Waals surface area contributed by atoms with Crippen LogP contribution < -0.4 is 5.32 Å². The molecule has 0 aromatic heterocycles. The number of carbonyl (C=O) groups excluding carboxylic acids is 1. The summed E-state index contributed by atoms with van der Waals surface area (Å²) in [6.45, 7) is 2.55. The van der Waals surface area contributed by atoms with Crippen LogP contribution in [0.25, 0.3) is 0 Å². The molecule has 15 heavy (non-hydrogen) atoms. The number of amides is 1. The second-order valence-electron chi connectivity index (χ2n) is 4.02. The molecule has 2 N–H and O–H groups in total. The first kappa shape index (κ1) is 12.0. The number of nitrogens with zero attached hydrogens (tertiary/aromatic N) is 1. The van der Waals surface area contributed by atoms with Gasteiger partial charge in [-0.2, -0.15) is 0 Å². The van der Waals surface area contributed by atoms with Gasteiger partial charge in [0.2, 0.25) is 5.91 Å². The maximum absolute atomic E-state index is 12.0. The molecule has 1 fully saturated rings. The number of hydrogen-bond donors (Lipinski definition) is 2. The first-order valence-corrected chi connectivity index (χ1v) is 5.24. The molecule has 0 saturated carbocycles. The minimum absolute atomic E-state index is 0.107. The van der Waals surface area contributed by atoms with E-state index in [9.17, 15) is 9.59 Å². The molecule has 5 nitrogen and oxygen atoms in total. The molecule has 1 atom stereocenters. The predicted octanol–water partition coefficient (Wildman–Crippen LogP) is 0.0616. The van der Waals surface area contributed by atoms with E-state index in [0.717, 1.165) is 19.4 Å². The molecule has 0 aromatic rings. The van der Waals surface area contributed by atoms with Gasteiger partial charge >= 0.3 is 5.97 Å². The molecule has 1 rings (SSSR count). The highest BCUT2D eigenvalue weighted by molar-refractivity contribution is 5.89. The number of rotatable bonds is 4. The fourth-order valence-corrected chi connectivity index (χ4v) is 2.08. The number of carbonyl (C=O) groups is 2. The summed E-state index contributed by atoms with van der Waals surface area (Å²) in [6.07, 6.45) is 2.47. The van der Waals surface area contributed by atoms with Crippen LogP contribution in [-0.2, 0) is 9.59 Å². The van der Waals surface area contributed by atoms with Crippen molar-refractivity contribution in [2.75, 3.05) is 20.1 Å². The summed E-state index contributed by atoms with van der Waals surface area (Å²) in [6, 6.07) is 0. The molecule has 1 heterocycles. The zero-order valence-electron chi connectivity index (χ0n) is 9.25. The monoisotopic (exact) mass is 214 g/mol. The van der Waals surface area contributed by atoms with Crippen molar-refractivity contribution in [1.82, 2.24) is 10.2 Å². The third-order valence-electron chi connectivity index (χ3n) is 2.98. The van der Waals surface area contributed by atoms with E-state index >= 15 is 0 Å². The van der Waals surface area contributed by atoms with Crippen molar-refractivity contribution in [3.63, 3.8) is 0 Å². The first-order valence-electron chi connectivity index (χ1n) is 5.24. The molecule has 0 aliphatic carbocycles. The van der Waals surface area contributed by atoms with Crippen LogP contribution >= 0.6 is 0 Å². The zero-order chi connectivity index (χ0) is 11.5. The SMILES string of the molecule is CCC1(C(=O)N(C)CC(=O)O)CCCN1. The number of aliphatic carboxylic acids is 1. The van der Waals surface area contributed by atoms with Crippen molar-refractivity contribution in [1.29, 1.82) is 0 Å². The first-order chi connectivity index (χ1) is 7.02. The Labute approximate surface area is 89.4 Å². The fourth-order valence-electron chi connectivity index (χ4n) is 2.08. The Balaban J connectivity index is 2.68. The molecule has 86 valence electrons. The molecular weight excluding hydrogens is 196 g/mol. The van der Waals surface area contributed by atoms with Crippen LogP contribution in [0.1, 0.15) is 26.2 Å². The lowest BCUT2D eigenvalue weighted by Gasteiger charge is -2.30. The lowest BCUT2D eigenvalue weighted by Crippen LogP contribution is -2.54. The van der Waals surface area contributed by atoms with E-state index < -0.39 is 11.5 Å². The van der Waals surface area contributed by atoms with Gasteiger partial charge in [-0.25, -0.2) is 0 Å². The largest absolute Gasteiger partial charge is 0.480 e. The van der Waals surface area contributed by atoms with Gasteiger partial charge in [-0.1, -0.05) is 6.92 Å². The van der Waals surface area contributed by atoms with E-state index in [-0.39, 0.29) is 12.5 Å². The molecule has 1 aliphatic heterocycles. The van der Waals surface area contributed by atoms with Crippen molar-refractivity contribution in [2.24, 2.45) is 0 Å². The zero-order valence-corrected chi connectivity index (χ0v) is 9.25. The Morgan fingerprint density at radius 2 is 2.20 bits per heavy atom. The van der Waals surface area contributed by atoms with Crippen molar-refractivity contribution in [3.8, 4) is 0 Å². The minimum Gasteiger partial charge on any atom is -0.480 e. The number of carboxylic acid groups (broad SMARTS) is 1. The van der Waals surface area contributed by atoms with Crippen molar-refractivity contribution in [2.45, 2.75) is 31.7 Å². The summed E-state index contributed by atoms with van der Waals surface area (Å²) in [5, 5.41) is 11.8. The Kier molecular flexibility index (Phi) is 3.68. The molecule has 1 unspecified atom stereocenters. The number of hydrogen-bond acceptors (Lipinski definition) is 3. The van der Waals surface area contributed by atoms with Crippen molar-refractivity contribution >= 4 is 11.9 Å². The van der Waals surface area contributed by atoms with E-state index in [2.05, 4.69) is 5.32 Å². The molecule has 0 bridgehead atoms. The number of nitrogens with one attached hydrogen (secondary N) is 1. The molecular formula is C10H18N2O3. The predicted molar refractivity (Wildman–Crippen MR) is 55.5 cm³/mol. The lowest BCUT2D eigenvalue weighted by molar-refractivity contribution is -0.146. The van der Waals surface area contributed by atoms with Crippen molar-refractivity contribution in [3.05, 3.63) is 0 Å². The van der Waals surface area contributed by atoms with Crippen LogP contribution in [0.5, 0.6) is 0 Å². The Morgan fingerprint density at radius 1 is 1.53 bits per heavy atom. The second kappa shape index (κ2) is 4.61. The molecule has 1 aliphatic rings. The van der Waals surface area contributed by atoms with Gasteiger partial charge in [0.15, 0.2) is 0 Å². The third kappa shape index (κ3) is 2.47. The average Bonchev–Trinajstić information content (AvgIpc) is 2.65. The van der Waals surface area contributed by atoms with Crippen LogP contribution in [0.2, 0.25) is 0 Å². The fraction of sp³-hybridized carbons (Fsp3) is 0.800. The molecule has 1 saturated heterocycles. The van der Waals surface area contributed by atoms with Crippen LogP contribution in [0, 0.1) is 0 Å². The minimum atomic E-state index is -0.977. The van der Waals surface area contributed by atoms with E-state index in [4.69, 9.17) is 5.11 Å². The molecule has 0 radical (unpaired) electrons. The molecule has 0 aromatic carbocycles. The summed E-state index contributed by atoms with van der Waals surface area (Å²) in [7, 11) is 1.54. The normalized spacial score (nSPS) is 25.2. The number of carboxylic acids is 1. The summed E-state index contributed by atoms with van der Waals surface area (Å²) in [4.78, 5) is 23.8. The number of likely N-dealkylation sites (N-methyl/N-ethyl adjacent to an activating group) is 1. The summed E-state index contributed by atoms with van der Waals surface area (Å²) in [5.41, 5.74) is -0.524. The highest BCUT2D eigenvalue weighted by Gasteiger charge is 2.41. The van der Waals surface area contributed by atoms with Gasteiger partial charge in [0.25, 0.3) is 0 Å². The lowest BCUT2D eigenvalue weighted by atomic mass is 9.92. The van der Waals surface area contributed by atoms with Gasteiger partial charge in [-0.3, -0.25) is 9.59 Å². The summed E-state index contributed by atoms with van der Waals surface area (Å²) in [5.74, 6) is -1.08. The quantitative estimate of drug-likeness (QED) is 0.694. The third-order valence-corrected chi connectivity index (χ3v) is 2.98. The van der Waals surface area contributed by atoms with Gasteiger partial charge in [-0.15, -0.1) is 0 Å². The van der Waals surface area contributed by atoms with Gasteiger partial charge in [0.05, 0.1) is 5.54 Å². The molecule has 0 spiro atoms. The van der Waals surface area contributed by atoms with Gasteiger partial charge in [0.1, 0.15) is 6.54 Å². The maximum atomic E-state index is 12.0. The molecule has 5 heteroatoms. The van der Waals surface area contributed by atoms with Crippen LogP contribution in [-0.4, -0.2) is 47.6 Å². The van der Waals surface area contributed by atoms with Gasteiger partial charge < -0.3 is 15.3 Å². The van der Waals surface area contributed by atoms with Crippen LogP contribution in [0.15, 0.2) is 0 Å². The average molecular weight is 214 g/mol. The van der Waals surface area contributed by atoms with Crippen molar-refractivity contribution < 1.29 is 14.7 Å². The standard InChI is InChI=1S/C10H18N2O3/c1-3-10(5-4-6-11-10)9(15)12(2)7-8(13)14/h11H,3-7H2,1-2H3,(H,13,14). The second-order valence-corrected chi connectivity index (χ2v) is 4.02. The molecule has 1 amide bonds. The smallest absolute Gasteiger partial charge is 0.323 e. The van der Waals surface area contributed by atoms with Gasteiger partial charge in [-0.05, 0) is 25.8 Å². The summed E-state index contributed by atoms with van der Waals surface area (Å²) >= 11 is 0. The van der Waals surface area contributed by atoms with Crippen LogP contribution in [0.3, 0.4) is 0 Å². The van der Waals surface area contributed by atoms with Crippen LogP contribution in [0.4, 0.5) is 0 Å². The maximum Gasteiger partial charge on any atom is 0.323 e.